The van der Waals surface area contributed by atoms with Gasteiger partial charge in [0.2, 0.25) is 5.91 Å². The number of H-pyrrole nitrogens is 1. The minimum atomic E-state index is -0.363. The molecule has 3 aromatic heterocycles. The smallest absolute Gasteiger partial charge is 0.267 e. The standard InChI is InChI=1S/C29H26ClN7O4S/c1-3-5-18(38)9-11-24(39)31-13-17-8-10-22(41-2)21(12-17)37-23(36-20-7-4-6-19(30)25(20)29(37)40)14-42-28-26-27(33-15-32-26)34-16-35-28/h3-8,10,12,15-16H,9,11,13-14H2,1-2H3,(H,31,39)(H,32,33,34,35). The first-order valence-electron chi connectivity index (χ1n) is 13.0. The number of nitrogens with zero attached hydrogens (tertiary/aromatic N) is 5. The molecule has 0 bridgehead atoms. The van der Waals surface area contributed by atoms with Gasteiger partial charge < -0.3 is 15.0 Å². The van der Waals surface area contributed by atoms with Gasteiger partial charge in [-0.3, -0.25) is 19.0 Å². The average molecular weight is 604 g/mol. The van der Waals surface area contributed by atoms with Crippen molar-refractivity contribution < 1.29 is 14.3 Å². The van der Waals surface area contributed by atoms with E-state index in [1.807, 2.05) is 0 Å². The lowest BCUT2D eigenvalue weighted by molar-refractivity contribution is -0.124. The van der Waals surface area contributed by atoms with Crippen LogP contribution in [0.3, 0.4) is 0 Å². The van der Waals surface area contributed by atoms with Gasteiger partial charge in [0.05, 0.1) is 40.8 Å². The highest BCUT2D eigenvalue weighted by molar-refractivity contribution is 7.98. The number of ketones is 1. The highest BCUT2D eigenvalue weighted by Crippen LogP contribution is 2.30. The molecule has 0 saturated carbocycles. The first kappa shape index (κ1) is 29.0. The number of methoxy groups -OCH3 is 1. The summed E-state index contributed by atoms with van der Waals surface area (Å²) in [6.45, 7) is 1.94. The monoisotopic (exact) mass is 603 g/mol. The van der Waals surface area contributed by atoms with E-state index < -0.39 is 0 Å². The number of aromatic amines is 1. The molecule has 0 saturated heterocycles. The number of hydrogen-bond donors (Lipinski definition) is 2. The Morgan fingerprint density at radius 2 is 2.02 bits per heavy atom. The van der Waals surface area contributed by atoms with Crippen LogP contribution in [0.2, 0.25) is 5.02 Å². The zero-order valence-corrected chi connectivity index (χ0v) is 24.3. The predicted octanol–water partition coefficient (Wildman–Crippen LogP) is 4.55. The van der Waals surface area contributed by atoms with Crippen molar-refractivity contribution in [3.8, 4) is 11.4 Å². The molecule has 3 heterocycles. The summed E-state index contributed by atoms with van der Waals surface area (Å²) in [5, 5.41) is 4.04. The quantitative estimate of drug-likeness (QED) is 0.126. The number of aromatic nitrogens is 6. The van der Waals surface area contributed by atoms with Gasteiger partial charge in [-0.25, -0.2) is 19.9 Å². The van der Waals surface area contributed by atoms with Crippen molar-refractivity contribution in [1.82, 2.24) is 34.8 Å². The molecule has 0 radical (unpaired) electrons. The zero-order chi connectivity index (χ0) is 29.6. The van der Waals surface area contributed by atoms with Gasteiger partial charge in [-0.1, -0.05) is 41.6 Å². The average Bonchev–Trinajstić information content (AvgIpc) is 3.48. The fraction of sp³-hybridized carbons (Fsp3) is 0.207. The van der Waals surface area contributed by atoms with Crippen LogP contribution in [0.1, 0.15) is 31.2 Å². The molecule has 5 aromatic rings. The number of hydrogen-bond acceptors (Lipinski definition) is 9. The molecule has 214 valence electrons. The molecule has 0 aliphatic carbocycles. The van der Waals surface area contributed by atoms with Gasteiger partial charge >= 0.3 is 0 Å². The fourth-order valence-electron chi connectivity index (χ4n) is 4.38. The molecule has 0 unspecified atom stereocenters. The van der Waals surface area contributed by atoms with Crippen LogP contribution < -0.4 is 15.6 Å². The second kappa shape index (κ2) is 13.0. The molecule has 0 aliphatic rings. The Morgan fingerprint density at radius 3 is 2.83 bits per heavy atom. The van der Waals surface area contributed by atoms with E-state index in [4.69, 9.17) is 21.3 Å². The molecule has 0 fully saturated rings. The Morgan fingerprint density at radius 1 is 1.17 bits per heavy atom. The molecule has 0 spiro atoms. The second-order valence-corrected chi connectivity index (χ2v) is 10.5. The van der Waals surface area contributed by atoms with Gasteiger partial charge in [0, 0.05) is 19.4 Å². The topological polar surface area (TPSA) is 145 Å². The summed E-state index contributed by atoms with van der Waals surface area (Å²) in [5.41, 5.74) is 2.48. The van der Waals surface area contributed by atoms with Gasteiger partial charge in [-0.2, -0.15) is 0 Å². The molecule has 2 aromatic carbocycles. The van der Waals surface area contributed by atoms with Crippen LogP contribution in [0.25, 0.3) is 27.8 Å². The minimum absolute atomic E-state index is 0.0761. The molecule has 2 N–H and O–H groups in total. The number of fused-ring (bicyclic) bond motifs is 2. The summed E-state index contributed by atoms with van der Waals surface area (Å²) < 4.78 is 7.12. The molecule has 5 rings (SSSR count). The molecule has 1 amide bonds. The number of amides is 1. The summed E-state index contributed by atoms with van der Waals surface area (Å²) in [5.74, 6) is 0.776. The first-order valence-corrected chi connectivity index (χ1v) is 14.3. The number of carbonyl (C=O) groups is 2. The highest BCUT2D eigenvalue weighted by Gasteiger charge is 2.20. The third kappa shape index (κ3) is 6.19. The van der Waals surface area contributed by atoms with Gasteiger partial charge in [0.1, 0.15) is 28.4 Å². The van der Waals surface area contributed by atoms with Gasteiger partial charge in [0.15, 0.2) is 11.4 Å². The van der Waals surface area contributed by atoms with E-state index in [-0.39, 0.29) is 52.8 Å². The number of halogens is 1. The fourth-order valence-corrected chi connectivity index (χ4v) is 5.51. The third-order valence-corrected chi connectivity index (χ3v) is 7.67. The lowest BCUT2D eigenvalue weighted by Crippen LogP contribution is -2.25. The van der Waals surface area contributed by atoms with Crippen LogP contribution in [0.5, 0.6) is 5.75 Å². The molecular formula is C29H26ClN7O4S. The maximum atomic E-state index is 14.0. The van der Waals surface area contributed by atoms with Gasteiger partial charge in [0.25, 0.3) is 5.56 Å². The number of carbonyl (C=O) groups excluding carboxylic acids is 2. The van der Waals surface area contributed by atoms with E-state index in [0.29, 0.717) is 39.0 Å². The summed E-state index contributed by atoms with van der Waals surface area (Å²) in [6, 6.07) is 10.4. The van der Waals surface area contributed by atoms with Crippen molar-refractivity contribution in [3.05, 3.63) is 88.0 Å². The van der Waals surface area contributed by atoms with E-state index >= 15 is 0 Å². The maximum Gasteiger partial charge on any atom is 0.267 e. The largest absolute Gasteiger partial charge is 0.495 e. The maximum absolute atomic E-state index is 14.0. The third-order valence-electron chi connectivity index (χ3n) is 6.37. The van der Waals surface area contributed by atoms with Crippen LogP contribution in [-0.4, -0.2) is 48.3 Å². The normalized spacial score (nSPS) is 11.4. The Labute approximate surface area is 249 Å². The van der Waals surface area contributed by atoms with Gasteiger partial charge in [-0.05, 0) is 42.8 Å². The summed E-state index contributed by atoms with van der Waals surface area (Å²) in [7, 11) is 1.51. The summed E-state index contributed by atoms with van der Waals surface area (Å²) in [4.78, 5) is 58.7. The van der Waals surface area contributed by atoms with Crippen LogP contribution in [0.15, 0.2) is 71.0 Å². The molecule has 0 atom stereocenters. The number of ether oxygens (including phenoxy) is 1. The number of imidazole rings is 1. The number of rotatable bonds is 11. The number of benzene rings is 2. The van der Waals surface area contributed by atoms with Crippen molar-refractivity contribution in [2.24, 2.45) is 0 Å². The van der Waals surface area contributed by atoms with Crippen LogP contribution in [0, 0.1) is 0 Å². The Kier molecular flexibility index (Phi) is 8.94. The zero-order valence-electron chi connectivity index (χ0n) is 22.8. The van der Waals surface area contributed by atoms with Crippen LogP contribution in [-0.2, 0) is 21.9 Å². The Bertz CT molecular complexity index is 1890. The van der Waals surface area contributed by atoms with E-state index in [1.165, 1.54) is 35.8 Å². The highest BCUT2D eigenvalue weighted by atomic mass is 35.5. The van der Waals surface area contributed by atoms with Crippen molar-refractivity contribution in [1.29, 1.82) is 0 Å². The summed E-state index contributed by atoms with van der Waals surface area (Å²) in [6.07, 6.45) is 6.28. The van der Waals surface area contributed by atoms with Crippen LogP contribution >= 0.6 is 23.4 Å². The molecule has 11 nitrogen and oxygen atoms in total. The predicted molar refractivity (Wildman–Crippen MR) is 161 cm³/mol. The minimum Gasteiger partial charge on any atom is -0.495 e. The van der Waals surface area contributed by atoms with E-state index in [2.05, 4.69) is 25.3 Å². The lowest BCUT2D eigenvalue weighted by Gasteiger charge is -2.18. The van der Waals surface area contributed by atoms with E-state index in [1.54, 1.807) is 55.7 Å². The molecule has 0 aliphatic heterocycles. The summed E-state index contributed by atoms with van der Waals surface area (Å²) >= 11 is 7.84. The number of thioether (sulfide) groups is 1. The Balaban J connectivity index is 1.52. The van der Waals surface area contributed by atoms with E-state index in [0.717, 1.165) is 5.56 Å². The van der Waals surface area contributed by atoms with Gasteiger partial charge in [-0.15, -0.1) is 0 Å². The van der Waals surface area contributed by atoms with E-state index in [9.17, 15) is 14.4 Å². The van der Waals surface area contributed by atoms with Crippen molar-refractivity contribution >= 4 is 57.1 Å². The molecule has 42 heavy (non-hydrogen) atoms. The van der Waals surface area contributed by atoms with Crippen molar-refractivity contribution in [2.75, 3.05) is 7.11 Å². The molecular weight excluding hydrogens is 578 g/mol. The Hall–Kier alpha value is -4.55. The van der Waals surface area contributed by atoms with Crippen molar-refractivity contribution in [2.45, 2.75) is 37.1 Å². The van der Waals surface area contributed by atoms with Crippen molar-refractivity contribution in [3.63, 3.8) is 0 Å². The lowest BCUT2D eigenvalue weighted by atomic mass is 10.1. The number of allylic oxidation sites excluding steroid dienone is 2. The second-order valence-electron chi connectivity index (χ2n) is 9.12. The van der Waals surface area contributed by atoms with Crippen LogP contribution in [0.4, 0.5) is 0 Å². The first-order chi connectivity index (χ1) is 20.4. The molecule has 13 heteroatoms. The number of nitrogens with one attached hydrogen (secondary N) is 2. The SMILES string of the molecule is CC=CC(=O)CCC(=O)NCc1ccc(OC)c(-n2c(CSc3ncnc4nc[nH]c34)nc3cccc(Cl)c3c2=O)c1.